The number of rotatable bonds is 6. The Labute approximate surface area is 181 Å². The topological polar surface area (TPSA) is 83.4 Å². The van der Waals surface area contributed by atoms with E-state index in [4.69, 9.17) is 19.6 Å². The molecule has 2 N–H and O–H groups in total. The number of nitrogen functional groups attached to an aromatic ring is 1. The van der Waals surface area contributed by atoms with Crippen molar-refractivity contribution in [1.82, 2.24) is 10.2 Å². The third-order valence-corrected chi connectivity index (χ3v) is 5.18. The van der Waals surface area contributed by atoms with Gasteiger partial charge in [-0.1, -0.05) is 47.6 Å². The molecule has 0 bridgehead atoms. The lowest BCUT2D eigenvalue weighted by Crippen LogP contribution is -2.00. The van der Waals surface area contributed by atoms with Crippen LogP contribution in [0.25, 0.3) is 22.9 Å². The standard InChI is InChI=1S/C22H18IN3O3/c1-27-19-12-14(9-10-20-25-26-22(24)29-20)11-18(23)21(19)28-13-16-7-4-6-15-5-2-3-8-17(15)16/h2-12H,13H2,1H3,(H2,24,26)/b10-9+. The lowest BCUT2D eigenvalue weighted by molar-refractivity contribution is 0.283. The van der Waals surface area contributed by atoms with E-state index in [2.05, 4.69) is 57.1 Å². The molecule has 4 aromatic rings. The van der Waals surface area contributed by atoms with Crippen molar-refractivity contribution in [3.8, 4) is 11.5 Å². The van der Waals surface area contributed by atoms with Crippen LogP contribution in [-0.2, 0) is 6.61 Å². The van der Waals surface area contributed by atoms with Crippen LogP contribution in [0.4, 0.5) is 6.01 Å². The lowest BCUT2D eigenvalue weighted by Gasteiger charge is -2.14. The average Bonchev–Trinajstić information content (AvgIpc) is 3.16. The van der Waals surface area contributed by atoms with Gasteiger partial charge in [0.05, 0.1) is 10.7 Å². The van der Waals surface area contributed by atoms with Gasteiger partial charge in [-0.3, -0.25) is 0 Å². The van der Waals surface area contributed by atoms with E-state index >= 15 is 0 Å². The molecule has 0 spiro atoms. The van der Waals surface area contributed by atoms with Crippen LogP contribution in [-0.4, -0.2) is 17.3 Å². The minimum atomic E-state index is 0.0361. The summed E-state index contributed by atoms with van der Waals surface area (Å²) >= 11 is 2.24. The molecule has 0 amide bonds. The van der Waals surface area contributed by atoms with Crippen molar-refractivity contribution < 1.29 is 13.9 Å². The van der Waals surface area contributed by atoms with E-state index in [-0.39, 0.29) is 6.01 Å². The van der Waals surface area contributed by atoms with Crippen LogP contribution in [0.3, 0.4) is 0 Å². The molecule has 0 unspecified atom stereocenters. The van der Waals surface area contributed by atoms with Crippen molar-refractivity contribution in [2.45, 2.75) is 6.61 Å². The minimum absolute atomic E-state index is 0.0361. The van der Waals surface area contributed by atoms with Crippen molar-refractivity contribution in [1.29, 1.82) is 0 Å². The largest absolute Gasteiger partial charge is 0.493 e. The van der Waals surface area contributed by atoms with Crippen LogP contribution in [0.1, 0.15) is 17.0 Å². The number of hydrogen-bond donors (Lipinski definition) is 1. The van der Waals surface area contributed by atoms with E-state index in [1.165, 1.54) is 10.8 Å². The third kappa shape index (κ3) is 4.34. The second-order valence-electron chi connectivity index (χ2n) is 6.27. The number of benzene rings is 3. The van der Waals surface area contributed by atoms with Crippen molar-refractivity contribution in [3.05, 3.63) is 75.2 Å². The number of anilines is 1. The van der Waals surface area contributed by atoms with Crippen LogP contribution < -0.4 is 15.2 Å². The molecular formula is C22H18IN3O3. The van der Waals surface area contributed by atoms with Gasteiger partial charge in [0, 0.05) is 6.08 Å². The summed E-state index contributed by atoms with van der Waals surface area (Å²) in [5, 5.41) is 9.82. The molecule has 0 saturated heterocycles. The van der Waals surface area contributed by atoms with E-state index in [0.717, 1.165) is 14.7 Å². The Morgan fingerprint density at radius 3 is 2.69 bits per heavy atom. The molecule has 6 nitrogen and oxygen atoms in total. The number of nitrogens with two attached hydrogens (primary N) is 1. The molecule has 4 rings (SSSR count). The highest BCUT2D eigenvalue weighted by Gasteiger charge is 2.12. The summed E-state index contributed by atoms with van der Waals surface area (Å²) in [6, 6.07) is 18.4. The first kappa shape index (κ1) is 19.3. The van der Waals surface area contributed by atoms with Crippen LogP contribution in [0, 0.1) is 3.57 Å². The van der Waals surface area contributed by atoms with Gasteiger partial charge in [0.25, 0.3) is 0 Å². The molecular weight excluding hydrogens is 481 g/mol. The van der Waals surface area contributed by atoms with Gasteiger partial charge >= 0.3 is 6.01 Å². The third-order valence-electron chi connectivity index (χ3n) is 4.38. The number of hydrogen-bond acceptors (Lipinski definition) is 6. The molecule has 0 fully saturated rings. The first-order chi connectivity index (χ1) is 14.1. The normalized spacial score (nSPS) is 11.2. The first-order valence-corrected chi connectivity index (χ1v) is 9.96. The monoisotopic (exact) mass is 499 g/mol. The summed E-state index contributed by atoms with van der Waals surface area (Å²) in [7, 11) is 1.63. The van der Waals surface area contributed by atoms with Gasteiger partial charge in [-0.25, -0.2) is 0 Å². The number of aromatic nitrogens is 2. The lowest BCUT2D eigenvalue weighted by atomic mass is 10.1. The summed E-state index contributed by atoms with van der Waals surface area (Å²) in [5.74, 6) is 1.70. The Bertz CT molecular complexity index is 1180. The van der Waals surface area contributed by atoms with Gasteiger partial charge in [0.1, 0.15) is 6.61 Å². The van der Waals surface area contributed by atoms with E-state index in [9.17, 15) is 0 Å². The Balaban J connectivity index is 1.58. The van der Waals surface area contributed by atoms with Gasteiger partial charge < -0.3 is 19.6 Å². The van der Waals surface area contributed by atoms with Crippen molar-refractivity contribution in [2.24, 2.45) is 0 Å². The van der Waals surface area contributed by atoms with E-state index in [1.54, 1.807) is 13.2 Å². The van der Waals surface area contributed by atoms with Gasteiger partial charge in [0.15, 0.2) is 11.5 Å². The van der Waals surface area contributed by atoms with Gasteiger partial charge in [-0.15, -0.1) is 5.10 Å². The van der Waals surface area contributed by atoms with Gasteiger partial charge in [-0.2, -0.15) is 0 Å². The minimum Gasteiger partial charge on any atom is -0.493 e. The SMILES string of the molecule is COc1cc(/C=C/c2nnc(N)o2)cc(I)c1OCc1cccc2ccccc12. The van der Waals surface area contributed by atoms with Crippen LogP contribution in [0.2, 0.25) is 0 Å². The van der Waals surface area contributed by atoms with Crippen molar-refractivity contribution >= 4 is 51.5 Å². The van der Waals surface area contributed by atoms with Crippen LogP contribution in [0.15, 0.2) is 59.0 Å². The second kappa shape index (κ2) is 8.52. The van der Waals surface area contributed by atoms with Crippen LogP contribution >= 0.6 is 22.6 Å². The zero-order chi connectivity index (χ0) is 20.2. The molecule has 0 radical (unpaired) electrons. The fourth-order valence-electron chi connectivity index (χ4n) is 3.03. The van der Waals surface area contributed by atoms with Crippen molar-refractivity contribution in [3.63, 3.8) is 0 Å². The predicted octanol–water partition coefficient (Wildman–Crippen LogP) is 5.17. The fourth-order valence-corrected chi connectivity index (χ4v) is 3.81. The molecule has 1 heterocycles. The highest BCUT2D eigenvalue weighted by molar-refractivity contribution is 14.1. The Morgan fingerprint density at radius 2 is 1.90 bits per heavy atom. The summed E-state index contributed by atoms with van der Waals surface area (Å²) in [5.41, 5.74) is 7.48. The molecule has 0 aliphatic heterocycles. The number of nitrogens with zero attached hydrogens (tertiary/aromatic N) is 2. The second-order valence-corrected chi connectivity index (χ2v) is 7.44. The molecule has 7 heteroatoms. The Morgan fingerprint density at radius 1 is 1.07 bits per heavy atom. The smallest absolute Gasteiger partial charge is 0.313 e. The molecule has 1 aromatic heterocycles. The highest BCUT2D eigenvalue weighted by atomic mass is 127. The molecule has 0 aliphatic carbocycles. The predicted molar refractivity (Wildman–Crippen MR) is 122 cm³/mol. The summed E-state index contributed by atoms with van der Waals surface area (Å²) in [6.07, 6.45) is 3.55. The maximum atomic E-state index is 6.16. The quantitative estimate of drug-likeness (QED) is 0.369. The summed E-state index contributed by atoms with van der Waals surface area (Å²) in [4.78, 5) is 0. The van der Waals surface area contributed by atoms with E-state index < -0.39 is 0 Å². The van der Waals surface area contributed by atoms with Gasteiger partial charge in [-0.05, 0) is 62.7 Å². The summed E-state index contributed by atoms with van der Waals surface area (Å²) in [6.45, 7) is 0.449. The van der Waals surface area contributed by atoms with Crippen LogP contribution in [0.5, 0.6) is 11.5 Å². The molecule has 0 aliphatic rings. The fraction of sp³-hybridized carbons (Fsp3) is 0.0909. The Hall–Kier alpha value is -3.07. The van der Waals surface area contributed by atoms with Gasteiger partial charge in [0.2, 0.25) is 5.89 Å². The maximum absolute atomic E-state index is 6.16. The number of ether oxygens (including phenoxy) is 2. The number of methoxy groups -OCH3 is 1. The average molecular weight is 499 g/mol. The molecule has 3 aromatic carbocycles. The zero-order valence-corrected chi connectivity index (χ0v) is 17.8. The van der Waals surface area contributed by atoms with E-state index in [1.807, 2.05) is 36.4 Å². The molecule has 29 heavy (non-hydrogen) atoms. The first-order valence-electron chi connectivity index (χ1n) is 8.88. The molecule has 0 saturated carbocycles. The zero-order valence-electron chi connectivity index (χ0n) is 15.6. The van der Waals surface area contributed by atoms with E-state index in [0.29, 0.717) is 24.0 Å². The number of fused-ring (bicyclic) bond motifs is 1. The highest BCUT2D eigenvalue weighted by Crippen LogP contribution is 2.35. The molecule has 146 valence electrons. The Kier molecular flexibility index (Phi) is 5.66. The maximum Gasteiger partial charge on any atom is 0.313 e. The number of halogens is 1. The molecule has 0 atom stereocenters. The van der Waals surface area contributed by atoms with Crippen molar-refractivity contribution in [2.75, 3.05) is 12.8 Å². The summed E-state index contributed by atoms with van der Waals surface area (Å²) < 4.78 is 17.8.